The van der Waals surface area contributed by atoms with Crippen LogP contribution in [0.4, 0.5) is 5.69 Å². The molecule has 5 amide bonds. The fourth-order valence-electron chi connectivity index (χ4n) is 8.17. The van der Waals surface area contributed by atoms with Crippen LogP contribution in [0.1, 0.15) is 127 Å². The minimum Gasteiger partial charge on any atom is -0.480 e. The number of primary amides is 1. The van der Waals surface area contributed by atoms with Crippen molar-refractivity contribution in [3.05, 3.63) is 102 Å². The van der Waals surface area contributed by atoms with Gasteiger partial charge in [0.1, 0.15) is 30.5 Å². The molecule has 16 nitrogen and oxygen atoms in total. The molecule has 3 rings (SSSR count). The number of aliphatic hydroxyl groups is 1. The zero-order valence-electron chi connectivity index (χ0n) is 40.7. The number of carboxylic acid groups (broad SMARTS) is 1. The van der Waals surface area contributed by atoms with Gasteiger partial charge in [0.05, 0.1) is 12.1 Å². The number of aliphatic hydroxyl groups excluding tert-OH is 1. The number of hydrogen-bond donors (Lipinski definition) is 9. The Morgan fingerprint density at radius 3 is 1.59 bits per heavy atom. The average molecular weight is 956 g/mol. The van der Waals surface area contributed by atoms with Crippen LogP contribution in [0.25, 0.3) is 0 Å². The lowest BCUT2D eigenvalue weighted by Gasteiger charge is -2.27. The van der Waals surface area contributed by atoms with Crippen LogP contribution in [0.2, 0.25) is 0 Å². The molecule has 0 aliphatic heterocycles. The summed E-state index contributed by atoms with van der Waals surface area (Å²) < 4.78 is 0. The van der Waals surface area contributed by atoms with Gasteiger partial charge >= 0.3 is 5.97 Å². The van der Waals surface area contributed by atoms with E-state index in [1.165, 1.54) is 6.92 Å². The van der Waals surface area contributed by atoms with Crippen LogP contribution in [0.3, 0.4) is 0 Å². The number of nitrogen functional groups attached to an aromatic ring is 1. The number of carbonyl (C=O) groups excluding carboxylic acids is 6. The molecule has 0 aliphatic rings. The van der Waals surface area contributed by atoms with E-state index in [0.717, 1.165) is 87.2 Å². The number of amides is 5. The maximum absolute atomic E-state index is 14.0. The molecule has 0 aliphatic carbocycles. The first-order chi connectivity index (χ1) is 33.1. The summed E-state index contributed by atoms with van der Waals surface area (Å²) in [4.78, 5) is 89.5. The van der Waals surface area contributed by atoms with Crippen molar-refractivity contribution in [2.24, 2.45) is 11.7 Å². The topological polar surface area (TPSA) is 272 Å². The standard InChI is InChI=1S/C53H77N7O9/c1-36(2)32-44(50(65)57-43(49(55)64)33-38-20-12-10-13-21-38)58-52(67)48(37(3)62)60-47(63)26-18-8-4-6-16-24-42(25-17-7-5-9-19-31-61)56-45(34-40-27-29-41(54)30-28-40)51(66)59-46(53(68)69)35-39-22-14-11-15-23-39/h10-15,20-23,27-31,36-37,42-46,48,56,62H,4-9,16-19,24-26,32-35,54H2,1-3H3,(H2,55,64)(H,57,65)(H,58,67)(H,59,66)(H,60,63)(H,68,69)/t37-,42?,43-,44-,45-,46-,48-/m0/s1. The van der Waals surface area contributed by atoms with E-state index in [0.29, 0.717) is 24.9 Å². The predicted octanol–water partition coefficient (Wildman–Crippen LogP) is 4.83. The van der Waals surface area contributed by atoms with Gasteiger partial charge in [0.25, 0.3) is 0 Å². The summed E-state index contributed by atoms with van der Waals surface area (Å²) in [6, 6.07) is 20.2. The van der Waals surface area contributed by atoms with Crippen LogP contribution in [0.5, 0.6) is 0 Å². The molecule has 11 N–H and O–H groups in total. The molecule has 3 aromatic carbocycles. The van der Waals surface area contributed by atoms with E-state index in [9.17, 15) is 43.8 Å². The lowest BCUT2D eigenvalue weighted by Crippen LogP contribution is -2.59. The quantitative estimate of drug-likeness (QED) is 0.0219. The van der Waals surface area contributed by atoms with Crippen LogP contribution in [0.15, 0.2) is 84.9 Å². The third kappa shape index (κ3) is 23.2. The highest BCUT2D eigenvalue weighted by molar-refractivity contribution is 5.94. The van der Waals surface area contributed by atoms with Crippen LogP contribution in [0, 0.1) is 5.92 Å². The lowest BCUT2D eigenvalue weighted by atomic mass is 9.97. The van der Waals surface area contributed by atoms with Crippen LogP contribution < -0.4 is 38.1 Å². The molecule has 0 aromatic heterocycles. The van der Waals surface area contributed by atoms with Gasteiger partial charge < -0.3 is 53.1 Å². The number of hydrogen-bond acceptors (Lipinski definition) is 10. The minimum absolute atomic E-state index is 0.0264. The monoisotopic (exact) mass is 956 g/mol. The predicted molar refractivity (Wildman–Crippen MR) is 267 cm³/mol. The highest BCUT2D eigenvalue weighted by atomic mass is 16.4. The second kappa shape index (κ2) is 31.8. The number of carbonyl (C=O) groups is 7. The van der Waals surface area contributed by atoms with Gasteiger partial charge in [-0.25, -0.2) is 4.79 Å². The molecule has 0 heterocycles. The van der Waals surface area contributed by atoms with Crippen molar-refractivity contribution in [3.63, 3.8) is 0 Å². The lowest BCUT2D eigenvalue weighted by molar-refractivity contribution is -0.142. The Morgan fingerprint density at radius 2 is 1.06 bits per heavy atom. The Kier molecular flexibility index (Phi) is 26.4. The van der Waals surface area contributed by atoms with Gasteiger partial charge in [-0.1, -0.05) is 132 Å². The maximum Gasteiger partial charge on any atom is 0.326 e. The SMILES string of the molecule is CC(C)C[C@H](NC(=O)[C@@H](NC(=O)CCCCCCCC(CCCCCCC=O)N[C@@H](Cc1ccc(N)cc1)C(=O)N[C@@H](Cc1ccccc1)C(=O)O)[C@H](C)O)C(=O)N[C@@H](Cc1ccccc1)C(N)=O. The van der Waals surface area contributed by atoms with E-state index in [1.807, 2.05) is 86.6 Å². The summed E-state index contributed by atoms with van der Waals surface area (Å²) in [6.45, 7) is 5.13. The normalized spacial score (nSPS) is 14.3. The highest BCUT2D eigenvalue weighted by Crippen LogP contribution is 2.18. The van der Waals surface area contributed by atoms with Crippen molar-refractivity contribution in [3.8, 4) is 0 Å². The van der Waals surface area contributed by atoms with Crippen molar-refractivity contribution in [2.75, 3.05) is 5.73 Å². The molecular weight excluding hydrogens is 879 g/mol. The molecule has 69 heavy (non-hydrogen) atoms. The number of carboxylic acids is 1. The molecule has 0 saturated heterocycles. The molecule has 378 valence electrons. The van der Waals surface area contributed by atoms with E-state index in [1.54, 1.807) is 12.1 Å². The van der Waals surface area contributed by atoms with Gasteiger partial charge in [-0.15, -0.1) is 0 Å². The molecule has 0 fully saturated rings. The maximum atomic E-state index is 14.0. The zero-order chi connectivity index (χ0) is 50.6. The fourth-order valence-corrected chi connectivity index (χ4v) is 8.17. The van der Waals surface area contributed by atoms with E-state index < -0.39 is 71.8 Å². The molecule has 3 aromatic rings. The first-order valence-electron chi connectivity index (χ1n) is 24.6. The summed E-state index contributed by atoms with van der Waals surface area (Å²) in [5.74, 6) is -4.04. The molecule has 16 heteroatoms. The summed E-state index contributed by atoms with van der Waals surface area (Å²) in [6.07, 6.45) is 10.0. The number of anilines is 1. The molecule has 7 atom stereocenters. The molecule has 1 unspecified atom stereocenters. The molecule has 0 radical (unpaired) electrons. The van der Waals surface area contributed by atoms with E-state index >= 15 is 0 Å². The third-order valence-corrected chi connectivity index (χ3v) is 12.0. The number of aliphatic carboxylic acids is 1. The fraction of sp³-hybridized carbons (Fsp3) is 0.528. The second-order valence-electron chi connectivity index (χ2n) is 18.5. The van der Waals surface area contributed by atoms with Crippen molar-refractivity contribution in [1.82, 2.24) is 26.6 Å². The second-order valence-corrected chi connectivity index (χ2v) is 18.5. The zero-order valence-corrected chi connectivity index (χ0v) is 40.7. The van der Waals surface area contributed by atoms with Crippen molar-refractivity contribution in [2.45, 2.75) is 172 Å². The van der Waals surface area contributed by atoms with Gasteiger partial charge in [-0.05, 0) is 80.2 Å². The smallest absolute Gasteiger partial charge is 0.326 e. The molecule has 0 spiro atoms. The number of benzene rings is 3. The van der Waals surface area contributed by atoms with Crippen molar-refractivity contribution >= 4 is 47.5 Å². The first-order valence-corrected chi connectivity index (χ1v) is 24.6. The van der Waals surface area contributed by atoms with Gasteiger partial charge in [0.15, 0.2) is 0 Å². The first kappa shape index (κ1) is 57.2. The minimum atomic E-state index is -1.32. The molecular formula is C53H77N7O9. The summed E-state index contributed by atoms with van der Waals surface area (Å²) in [7, 11) is 0. The summed E-state index contributed by atoms with van der Waals surface area (Å²) in [5, 5.41) is 35.0. The van der Waals surface area contributed by atoms with Crippen molar-refractivity contribution in [1.29, 1.82) is 0 Å². The van der Waals surface area contributed by atoms with Crippen LogP contribution >= 0.6 is 0 Å². The van der Waals surface area contributed by atoms with Crippen molar-refractivity contribution < 1.29 is 43.8 Å². The number of aldehydes is 1. The highest BCUT2D eigenvalue weighted by Gasteiger charge is 2.32. The summed E-state index contributed by atoms with van der Waals surface area (Å²) >= 11 is 0. The summed E-state index contributed by atoms with van der Waals surface area (Å²) in [5.41, 5.74) is 14.6. The van der Waals surface area contributed by atoms with Gasteiger partial charge in [-0.3, -0.25) is 24.0 Å². The Hall–Kier alpha value is -6.13. The number of nitrogens with two attached hydrogens (primary N) is 2. The number of rotatable bonds is 35. The largest absolute Gasteiger partial charge is 0.480 e. The van der Waals surface area contributed by atoms with Crippen LogP contribution in [-0.2, 0) is 52.8 Å². The van der Waals surface area contributed by atoms with E-state index in [-0.39, 0.29) is 37.6 Å². The Morgan fingerprint density at radius 1 is 0.580 bits per heavy atom. The Balaban J connectivity index is 1.57. The number of unbranched alkanes of at least 4 members (excludes halogenated alkanes) is 8. The Bertz CT molecular complexity index is 2020. The van der Waals surface area contributed by atoms with Gasteiger partial charge in [0.2, 0.25) is 29.5 Å². The van der Waals surface area contributed by atoms with E-state index in [2.05, 4.69) is 26.6 Å². The third-order valence-electron chi connectivity index (χ3n) is 12.0. The van der Waals surface area contributed by atoms with Gasteiger partial charge in [0, 0.05) is 37.4 Å². The average Bonchev–Trinajstić information content (AvgIpc) is 3.31. The van der Waals surface area contributed by atoms with Gasteiger partial charge in [-0.2, -0.15) is 0 Å². The number of nitrogens with one attached hydrogen (secondary N) is 5. The Labute approximate surface area is 407 Å². The molecule has 0 saturated carbocycles. The van der Waals surface area contributed by atoms with Crippen LogP contribution in [-0.4, -0.2) is 94.4 Å². The molecule has 0 bridgehead atoms. The van der Waals surface area contributed by atoms with E-state index in [4.69, 9.17) is 11.5 Å².